The van der Waals surface area contributed by atoms with Crippen molar-refractivity contribution >= 4 is 22.7 Å². The molecule has 0 spiro atoms. The highest BCUT2D eigenvalue weighted by atomic mass is 32.2. The molecule has 1 N–H and O–H groups in total. The molecule has 3 heterocycles. The van der Waals surface area contributed by atoms with Gasteiger partial charge in [-0.05, 0) is 24.3 Å². The van der Waals surface area contributed by atoms with Gasteiger partial charge < -0.3 is 13.8 Å². The van der Waals surface area contributed by atoms with Crippen molar-refractivity contribution in [2.75, 3.05) is 0 Å². The van der Waals surface area contributed by atoms with Crippen molar-refractivity contribution in [2.24, 2.45) is 0 Å². The number of thioether (sulfide) groups is 1. The number of hydrogen-bond acceptors (Lipinski definition) is 7. The first-order valence-electron chi connectivity index (χ1n) is 6.78. The molecule has 3 aromatic heterocycles. The molecular weight excluding hydrogens is 316 g/mol. The number of rotatable bonds is 4. The second-order valence-corrected chi connectivity index (χ2v) is 5.60. The van der Waals surface area contributed by atoms with Crippen LogP contribution in [-0.2, 0) is 5.75 Å². The average Bonchev–Trinajstić information content (AvgIpc) is 3.24. The molecule has 0 unspecified atom stereocenters. The topological polar surface area (TPSA) is 97.8 Å². The number of fused-ring (bicyclic) bond motifs is 1. The molecule has 23 heavy (non-hydrogen) atoms. The summed E-state index contributed by atoms with van der Waals surface area (Å²) in [5.41, 5.74) is 0.502. The summed E-state index contributed by atoms with van der Waals surface area (Å²) in [6, 6.07) is 10.7. The molecule has 4 aromatic rings. The molecule has 0 saturated carbocycles. The second-order valence-electron chi connectivity index (χ2n) is 4.67. The summed E-state index contributed by atoms with van der Waals surface area (Å²) in [6.45, 7) is 0. The van der Waals surface area contributed by atoms with Gasteiger partial charge in [0, 0.05) is 0 Å². The molecule has 7 nitrogen and oxygen atoms in total. The third-order valence-electron chi connectivity index (χ3n) is 3.13. The third kappa shape index (κ3) is 2.76. The Kier molecular flexibility index (Phi) is 3.43. The molecule has 0 amide bonds. The zero-order valence-corrected chi connectivity index (χ0v) is 12.5. The minimum absolute atomic E-state index is 0.159. The van der Waals surface area contributed by atoms with Gasteiger partial charge in [0.25, 0.3) is 16.7 Å². The number of nitrogens with zero attached hydrogens (tertiary/aromatic N) is 3. The molecule has 0 bridgehead atoms. The smallest absolute Gasteiger partial charge is 0.284 e. The maximum absolute atomic E-state index is 12.0. The van der Waals surface area contributed by atoms with E-state index in [9.17, 15) is 4.79 Å². The molecule has 0 aliphatic rings. The number of furan rings is 1. The summed E-state index contributed by atoms with van der Waals surface area (Å²) in [4.78, 5) is 19.2. The van der Waals surface area contributed by atoms with E-state index in [1.165, 1.54) is 18.0 Å². The van der Waals surface area contributed by atoms with Crippen LogP contribution in [0.25, 0.3) is 22.6 Å². The SMILES string of the molecule is O=c1[nH]c(CSc2nnc(-c3ccco3)o2)nc2ccccc12. The van der Waals surface area contributed by atoms with E-state index < -0.39 is 0 Å². The van der Waals surface area contributed by atoms with Crippen molar-refractivity contribution in [3.8, 4) is 11.7 Å². The maximum atomic E-state index is 12.0. The Labute approximate surface area is 133 Å². The van der Waals surface area contributed by atoms with Gasteiger partial charge in [0.15, 0.2) is 5.76 Å². The number of para-hydroxylation sites is 1. The van der Waals surface area contributed by atoms with Crippen LogP contribution >= 0.6 is 11.8 Å². The van der Waals surface area contributed by atoms with Crippen LogP contribution in [0.1, 0.15) is 5.82 Å². The van der Waals surface area contributed by atoms with Crippen molar-refractivity contribution in [1.29, 1.82) is 0 Å². The van der Waals surface area contributed by atoms with Crippen molar-refractivity contribution < 1.29 is 8.83 Å². The summed E-state index contributed by atoms with van der Waals surface area (Å²) >= 11 is 1.29. The molecule has 0 radical (unpaired) electrons. The van der Waals surface area contributed by atoms with Crippen LogP contribution in [0.4, 0.5) is 0 Å². The fraction of sp³-hybridized carbons (Fsp3) is 0.0667. The average molecular weight is 326 g/mol. The fourth-order valence-electron chi connectivity index (χ4n) is 2.10. The zero-order valence-electron chi connectivity index (χ0n) is 11.7. The first-order valence-corrected chi connectivity index (χ1v) is 7.76. The van der Waals surface area contributed by atoms with Gasteiger partial charge in [0.2, 0.25) is 0 Å². The Morgan fingerprint density at radius 3 is 2.91 bits per heavy atom. The number of H-pyrrole nitrogens is 1. The van der Waals surface area contributed by atoms with Gasteiger partial charge in [-0.25, -0.2) is 4.98 Å². The van der Waals surface area contributed by atoms with Gasteiger partial charge in [-0.1, -0.05) is 23.9 Å². The molecule has 0 atom stereocenters. The molecule has 4 rings (SSSR count). The first-order chi connectivity index (χ1) is 11.3. The summed E-state index contributed by atoms with van der Waals surface area (Å²) in [6.07, 6.45) is 1.54. The number of aromatic amines is 1. The maximum Gasteiger partial charge on any atom is 0.284 e. The monoisotopic (exact) mass is 326 g/mol. The van der Waals surface area contributed by atoms with E-state index in [1.54, 1.807) is 24.3 Å². The highest BCUT2D eigenvalue weighted by Crippen LogP contribution is 2.25. The predicted molar refractivity (Wildman–Crippen MR) is 83.9 cm³/mol. The minimum atomic E-state index is -0.159. The third-order valence-corrected chi connectivity index (χ3v) is 3.96. The van der Waals surface area contributed by atoms with Crippen LogP contribution < -0.4 is 5.56 Å². The van der Waals surface area contributed by atoms with Crippen LogP contribution in [-0.4, -0.2) is 20.2 Å². The molecule has 0 aliphatic heterocycles. The largest absolute Gasteiger partial charge is 0.459 e. The first kappa shape index (κ1) is 13.8. The highest BCUT2D eigenvalue weighted by Gasteiger charge is 2.12. The van der Waals surface area contributed by atoms with E-state index in [0.717, 1.165) is 0 Å². The van der Waals surface area contributed by atoms with Crippen molar-refractivity contribution in [1.82, 2.24) is 20.2 Å². The number of benzene rings is 1. The molecule has 114 valence electrons. The Bertz CT molecular complexity index is 1010. The van der Waals surface area contributed by atoms with E-state index in [2.05, 4.69) is 20.2 Å². The number of hydrogen-bond donors (Lipinski definition) is 1. The molecule has 0 fully saturated rings. The summed E-state index contributed by atoms with van der Waals surface area (Å²) in [5, 5.41) is 8.80. The summed E-state index contributed by atoms with van der Waals surface area (Å²) in [5.74, 6) is 1.80. The van der Waals surface area contributed by atoms with Crippen LogP contribution in [0, 0.1) is 0 Å². The summed E-state index contributed by atoms with van der Waals surface area (Å²) < 4.78 is 10.7. The van der Waals surface area contributed by atoms with Gasteiger partial charge in [0.05, 0.1) is 22.9 Å². The van der Waals surface area contributed by atoms with E-state index in [-0.39, 0.29) is 5.56 Å². The predicted octanol–water partition coefficient (Wildman–Crippen LogP) is 2.86. The lowest BCUT2D eigenvalue weighted by Crippen LogP contribution is -2.11. The van der Waals surface area contributed by atoms with Crippen molar-refractivity contribution in [3.05, 3.63) is 58.8 Å². The minimum Gasteiger partial charge on any atom is -0.459 e. The second kappa shape index (κ2) is 5.73. The van der Waals surface area contributed by atoms with Gasteiger partial charge in [-0.3, -0.25) is 4.79 Å². The van der Waals surface area contributed by atoms with Crippen LogP contribution in [0.15, 0.2) is 61.5 Å². The van der Waals surface area contributed by atoms with E-state index in [1.807, 2.05) is 12.1 Å². The van der Waals surface area contributed by atoms with Crippen LogP contribution in [0.2, 0.25) is 0 Å². The lowest BCUT2D eigenvalue weighted by atomic mass is 10.2. The molecule has 1 aromatic carbocycles. The van der Waals surface area contributed by atoms with Crippen LogP contribution in [0.5, 0.6) is 0 Å². The zero-order chi connectivity index (χ0) is 15.6. The van der Waals surface area contributed by atoms with Gasteiger partial charge >= 0.3 is 0 Å². The van der Waals surface area contributed by atoms with Gasteiger partial charge in [0.1, 0.15) is 5.82 Å². The van der Waals surface area contributed by atoms with Crippen molar-refractivity contribution in [3.63, 3.8) is 0 Å². The lowest BCUT2D eigenvalue weighted by Gasteiger charge is -2.00. The lowest BCUT2D eigenvalue weighted by molar-refractivity contribution is 0.447. The van der Waals surface area contributed by atoms with Gasteiger partial charge in [-0.2, -0.15) is 0 Å². The Balaban J connectivity index is 1.54. The van der Waals surface area contributed by atoms with E-state index in [0.29, 0.717) is 39.4 Å². The standard InChI is InChI=1S/C15H10N4O3S/c20-13-9-4-1-2-5-10(9)16-12(17-13)8-23-15-19-18-14(22-15)11-6-3-7-21-11/h1-7H,8H2,(H,16,17,20). The van der Waals surface area contributed by atoms with Crippen LogP contribution in [0.3, 0.4) is 0 Å². The van der Waals surface area contributed by atoms with E-state index >= 15 is 0 Å². The summed E-state index contributed by atoms with van der Waals surface area (Å²) in [7, 11) is 0. The Morgan fingerprint density at radius 2 is 2.04 bits per heavy atom. The molecule has 0 aliphatic carbocycles. The van der Waals surface area contributed by atoms with Crippen molar-refractivity contribution in [2.45, 2.75) is 11.0 Å². The quantitative estimate of drug-likeness (QED) is 0.576. The van der Waals surface area contributed by atoms with Gasteiger partial charge in [-0.15, -0.1) is 10.2 Å². The Morgan fingerprint density at radius 1 is 1.13 bits per heavy atom. The van der Waals surface area contributed by atoms with E-state index in [4.69, 9.17) is 8.83 Å². The normalized spacial score (nSPS) is 11.1. The Hall–Kier alpha value is -2.87. The number of aromatic nitrogens is 4. The number of nitrogens with one attached hydrogen (secondary N) is 1. The highest BCUT2D eigenvalue weighted by molar-refractivity contribution is 7.98. The fourth-order valence-corrected chi connectivity index (χ4v) is 2.73. The molecular formula is C15H10N4O3S. The molecule has 8 heteroatoms. The molecule has 0 saturated heterocycles.